The number of ketones is 1. The molecule has 0 atom stereocenters. The highest BCUT2D eigenvalue weighted by Crippen LogP contribution is 2.31. The van der Waals surface area contributed by atoms with Crippen LogP contribution >= 0.6 is 0 Å². The Bertz CT molecular complexity index is 945. The minimum absolute atomic E-state index is 0.0452. The summed E-state index contributed by atoms with van der Waals surface area (Å²) in [5.74, 6) is 2.72. The first kappa shape index (κ1) is 23.4. The van der Waals surface area contributed by atoms with Gasteiger partial charge in [0.25, 0.3) is 0 Å². The van der Waals surface area contributed by atoms with Gasteiger partial charge in [-0.1, -0.05) is 12.1 Å². The molecule has 1 heterocycles. The molecule has 170 valence electrons. The first-order valence-corrected chi connectivity index (χ1v) is 10.7. The lowest BCUT2D eigenvalue weighted by Crippen LogP contribution is -2.34. The van der Waals surface area contributed by atoms with Crippen molar-refractivity contribution in [1.29, 1.82) is 0 Å². The Labute approximate surface area is 190 Å². The number of carbonyl (C=O) groups excluding carboxylic acids is 1. The summed E-state index contributed by atoms with van der Waals surface area (Å²) < 4.78 is 22.1. The summed E-state index contributed by atoms with van der Waals surface area (Å²) in [4.78, 5) is 15.4. The van der Waals surface area contributed by atoms with E-state index in [1.807, 2.05) is 69.4 Å². The fourth-order valence-electron chi connectivity index (χ4n) is 3.71. The highest BCUT2D eigenvalue weighted by atomic mass is 16.5. The van der Waals surface area contributed by atoms with E-state index in [1.54, 1.807) is 14.2 Å². The number of Topliss-reactive ketones (excluding diaryl/α,β-unsaturated/α-hetero) is 1. The minimum atomic E-state index is 0.0452. The fourth-order valence-corrected chi connectivity index (χ4v) is 3.71. The van der Waals surface area contributed by atoms with E-state index in [-0.39, 0.29) is 5.78 Å². The van der Waals surface area contributed by atoms with Crippen LogP contribution < -0.4 is 18.9 Å². The van der Waals surface area contributed by atoms with E-state index in [0.29, 0.717) is 49.3 Å². The van der Waals surface area contributed by atoms with Gasteiger partial charge in [0, 0.05) is 24.2 Å². The zero-order valence-electron chi connectivity index (χ0n) is 19.4. The number of piperidine rings is 1. The van der Waals surface area contributed by atoms with Crippen molar-refractivity contribution in [1.82, 2.24) is 4.90 Å². The van der Waals surface area contributed by atoms with Crippen LogP contribution in [0.1, 0.15) is 25.0 Å². The summed E-state index contributed by atoms with van der Waals surface area (Å²) in [5.41, 5.74) is 3.25. The predicted molar refractivity (Wildman–Crippen MR) is 127 cm³/mol. The largest absolute Gasteiger partial charge is 0.493 e. The zero-order chi connectivity index (χ0) is 23.1. The van der Waals surface area contributed by atoms with Gasteiger partial charge in [-0.3, -0.25) is 9.69 Å². The van der Waals surface area contributed by atoms with Crippen molar-refractivity contribution in [3.63, 3.8) is 0 Å². The number of hydrogen-bond donors (Lipinski definition) is 0. The van der Waals surface area contributed by atoms with E-state index in [0.717, 1.165) is 22.3 Å². The number of benzene rings is 2. The van der Waals surface area contributed by atoms with Crippen LogP contribution in [0, 0.1) is 0 Å². The number of hydrogen-bond acceptors (Lipinski definition) is 6. The normalized spacial score (nSPS) is 17.0. The lowest BCUT2D eigenvalue weighted by atomic mass is 9.94. The van der Waals surface area contributed by atoms with Gasteiger partial charge in [0.15, 0.2) is 28.8 Å². The topological polar surface area (TPSA) is 57.2 Å². The maximum Gasteiger partial charge on any atom is 0.187 e. The molecule has 6 heteroatoms. The molecule has 6 nitrogen and oxygen atoms in total. The number of carbonyl (C=O) groups is 1. The third-order valence-electron chi connectivity index (χ3n) is 5.12. The van der Waals surface area contributed by atoms with E-state index in [9.17, 15) is 4.79 Å². The Hall–Kier alpha value is -3.25. The molecule has 0 bridgehead atoms. The molecule has 0 aromatic heterocycles. The van der Waals surface area contributed by atoms with Crippen LogP contribution in [0.5, 0.6) is 23.0 Å². The SMILES string of the molecule is CCOc1ccc(/C=C2\CN(C)C/C(=C\c3ccc(OCC)c(OC)c3)C2=O)cc1OC. The van der Waals surface area contributed by atoms with Crippen molar-refractivity contribution in [3.8, 4) is 23.0 Å². The first-order chi connectivity index (χ1) is 15.5. The van der Waals surface area contributed by atoms with Crippen LogP contribution in [0.3, 0.4) is 0 Å². The number of ether oxygens (including phenoxy) is 4. The summed E-state index contributed by atoms with van der Waals surface area (Å²) in [7, 11) is 5.23. The van der Waals surface area contributed by atoms with E-state index in [2.05, 4.69) is 4.90 Å². The Morgan fingerprint density at radius 2 is 1.22 bits per heavy atom. The molecule has 0 radical (unpaired) electrons. The van der Waals surface area contributed by atoms with Gasteiger partial charge < -0.3 is 18.9 Å². The predicted octanol–water partition coefficient (Wildman–Crippen LogP) is 4.48. The van der Waals surface area contributed by atoms with Gasteiger partial charge in [-0.2, -0.15) is 0 Å². The molecular formula is C26H31NO5. The molecule has 1 aliphatic heterocycles. The van der Waals surface area contributed by atoms with Gasteiger partial charge in [-0.05, 0) is 68.4 Å². The van der Waals surface area contributed by atoms with E-state index in [1.165, 1.54) is 0 Å². The second-order valence-electron chi connectivity index (χ2n) is 7.53. The second-order valence-corrected chi connectivity index (χ2v) is 7.53. The maximum atomic E-state index is 13.3. The third kappa shape index (κ3) is 5.51. The molecule has 2 aromatic carbocycles. The first-order valence-electron chi connectivity index (χ1n) is 10.7. The van der Waals surface area contributed by atoms with Crippen molar-refractivity contribution in [2.45, 2.75) is 13.8 Å². The van der Waals surface area contributed by atoms with E-state index in [4.69, 9.17) is 18.9 Å². The number of methoxy groups -OCH3 is 2. The molecule has 32 heavy (non-hydrogen) atoms. The van der Waals surface area contributed by atoms with Crippen LogP contribution in [0.4, 0.5) is 0 Å². The maximum absolute atomic E-state index is 13.3. The zero-order valence-corrected chi connectivity index (χ0v) is 19.4. The molecule has 0 saturated carbocycles. The quantitative estimate of drug-likeness (QED) is 0.568. The molecule has 0 amide bonds. The highest BCUT2D eigenvalue weighted by molar-refractivity contribution is 6.14. The highest BCUT2D eigenvalue weighted by Gasteiger charge is 2.24. The third-order valence-corrected chi connectivity index (χ3v) is 5.12. The van der Waals surface area contributed by atoms with Crippen LogP contribution in [0.15, 0.2) is 47.5 Å². The minimum Gasteiger partial charge on any atom is -0.493 e. The second kappa shape index (κ2) is 10.9. The van der Waals surface area contributed by atoms with Gasteiger partial charge >= 0.3 is 0 Å². The monoisotopic (exact) mass is 437 g/mol. The van der Waals surface area contributed by atoms with Gasteiger partial charge in [0.2, 0.25) is 0 Å². The molecule has 0 N–H and O–H groups in total. The van der Waals surface area contributed by atoms with Crippen LogP contribution in [-0.2, 0) is 4.79 Å². The van der Waals surface area contributed by atoms with Gasteiger partial charge in [-0.25, -0.2) is 0 Å². The average Bonchev–Trinajstić information content (AvgIpc) is 2.79. The number of likely N-dealkylation sites (N-methyl/N-ethyl adjacent to an activating group) is 1. The van der Waals surface area contributed by atoms with Crippen LogP contribution in [0.25, 0.3) is 12.2 Å². The van der Waals surface area contributed by atoms with Crippen molar-refractivity contribution in [3.05, 3.63) is 58.7 Å². The van der Waals surface area contributed by atoms with Gasteiger partial charge in [0.05, 0.1) is 27.4 Å². The van der Waals surface area contributed by atoms with E-state index < -0.39 is 0 Å². The molecule has 0 aliphatic carbocycles. The average molecular weight is 438 g/mol. The van der Waals surface area contributed by atoms with Crippen molar-refractivity contribution in [2.75, 3.05) is 47.6 Å². The molecule has 3 rings (SSSR count). The van der Waals surface area contributed by atoms with Gasteiger partial charge in [0.1, 0.15) is 0 Å². The molecule has 1 aliphatic rings. The van der Waals surface area contributed by atoms with Crippen molar-refractivity contribution in [2.24, 2.45) is 0 Å². The van der Waals surface area contributed by atoms with E-state index >= 15 is 0 Å². The number of rotatable bonds is 8. The Morgan fingerprint density at radius 1 is 0.781 bits per heavy atom. The Balaban J connectivity index is 1.91. The van der Waals surface area contributed by atoms with Crippen LogP contribution in [-0.4, -0.2) is 58.3 Å². The summed E-state index contributed by atoms with van der Waals surface area (Å²) in [5, 5.41) is 0. The summed E-state index contributed by atoms with van der Waals surface area (Å²) in [6, 6.07) is 11.4. The summed E-state index contributed by atoms with van der Waals surface area (Å²) in [6.07, 6.45) is 3.84. The Morgan fingerprint density at radius 3 is 1.59 bits per heavy atom. The molecule has 0 spiro atoms. The number of nitrogens with zero attached hydrogens (tertiary/aromatic N) is 1. The van der Waals surface area contributed by atoms with Crippen LogP contribution in [0.2, 0.25) is 0 Å². The lowest BCUT2D eigenvalue weighted by Gasteiger charge is -2.26. The fraction of sp³-hybridized carbons (Fsp3) is 0.346. The lowest BCUT2D eigenvalue weighted by molar-refractivity contribution is -0.113. The molecule has 1 saturated heterocycles. The number of likely N-dealkylation sites (tertiary alicyclic amines) is 1. The van der Waals surface area contributed by atoms with Crippen molar-refractivity contribution >= 4 is 17.9 Å². The summed E-state index contributed by atoms with van der Waals surface area (Å²) >= 11 is 0. The summed E-state index contributed by atoms with van der Waals surface area (Å²) in [6.45, 7) is 6.14. The molecule has 1 fully saturated rings. The Kier molecular flexibility index (Phi) is 7.95. The molecule has 2 aromatic rings. The smallest absolute Gasteiger partial charge is 0.187 e. The molecular weight excluding hydrogens is 406 g/mol. The molecule has 0 unspecified atom stereocenters. The van der Waals surface area contributed by atoms with Gasteiger partial charge in [-0.15, -0.1) is 0 Å². The van der Waals surface area contributed by atoms with Crippen molar-refractivity contribution < 1.29 is 23.7 Å². The standard InChI is InChI=1S/C26H31NO5/c1-6-31-22-10-8-18(14-24(22)29-4)12-20-16-27(3)17-21(26(20)28)13-19-9-11-23(32-7-2)25(15-19)30-5/h8-15H,6-7,16-17H2,1-5H3/b20-12+,21-13+.